The van der Waals surface area contributed by atoms with Gasteiger partial charge in [-0.1, -0.05) is 50.2 Å². The van der Waals surface area contributed by atoms with E-state index < -0.39 is 0 Å². The minimum atomic E-state index is 0.0932. The summed E-state index contributed by atoms with van der Waals surface area (Å²) in [5.74, 6) is 0.526. The third-order valence-electron chi connectivity index (χ3n) is 4.06. The van der Waals surface area contributed by atoms with Gasteiger partial charge in [0, 0.05) is 25.1 Å². The van der Waals surface area contributed by atoms with Crippen molar-refractivity contribution in [1.82, 2.24) is 0 Å². The molecule has 122 valence electrons. The molecular weight excluding hydrogens is 284 g/mol. The Morgan fingerprint density at radius 3 is 2.30 bits per heavy atom. The predicted molar refractivity (Wildman–Crippen MR) is 99.3 cm³/mol. The highest BCUT2D eigenvalue weighted by atomic mass is 16.1. The van der Waals surface area contributed by atoms with Crippen molar-refractivity contribution < 1.29 is 4.79 Å². The van der Waals surface area contributed by atoms with E-state index in [1.54, 1.807) is 0 Å². The van der Waals surface area contributed by atoms with Gasteiger partial charge in [-0.05, 0) is 30.0 Å². The van der Waals surface area contributed by atoms with E-state index in [0.29, 0.717) is 12.3 Å². The van der Waals surface area contributed by atoms with E-state index in [-0.39, 0.29) is 6.04 Å². The number of carbonyl (C=O) groups excluding carboxylic acids is 1. The summed E-state index contributed by atoms with van der Waals surface area (Å²) < 4.78 is 0. The average Bonchev–Trinajstić information content (AvgIpc) is 2.55. The zero-order chi connectivity index (χ0) is 16.8. The van der Waals surface area contributed by atoms with Gasteiger partial charge in [0.25, 0.3) is 0 Å². The molecule has 0 aromatic heterocycles. The highest BCUT2D eigenvalue weighted by Gasteiger charge is 2.12. The van der Waals surface area contributed by atoms with Crippen molar-refractivity contribution in [1.29, 1.82) is 0 Å². The van der Waals surface area contributed by atoms with Crippen LogP contribution in [0.15, 0.2) is 42.5 Å². The first-order valence-corrected chi connectivity index (χ1v) is 8.18. The molecule has 1 atom stereocenters. The quantitative estimate of drug-likeness (QED) is 0.714. The summed E-state index contributed by atoms with van der Waals surface area (Å²) in [6.07, 6.45) is 1.44. The maximum Gasteiger partial charge on any atom is 0.122 e. The van der Waals surface area contributed by atoms with Crippen LogP contribution in [0.25, 0.3) is 11.1 Å². The topological polar surface area (TPSA) is 41.1 Å². The summed E-state index contributed by atoms with van der Waals surface area (Å²) in [5.41, 5.74) is 5.73. The van der Waals surface area contributed by atoms with Gasteiger partial charge < -0.3 is 15.4 Å². The van der Waals surface area contributed by atoms with E-state index in [2.05, 4.69) is 54.8 Å². The van der Waals surface area contributed by atoms with Gasteiger partial charge in [0.1, 0.15) is 6.29 Å². The van der Waals surface area contributed by atoms with Gasteiger partial charge in [0.05, 0.1) is 11.4 Å². The molecule has 0 fully saturated rings. The maximum absolute atomic E-state index is 10.8. The van der Waals surface area contributed by atoms with Gasteiger partial charge in [0.2, 0.25) is 0 Å². The molecule has 0 saturated heterocycles. The van der Waals surface area contributed by atoms with Gasteiger partial charge >= 0.3 is 0 Å². The minimum Gasteiger partial charge on any atom is -0.386 e. The number of para-hydroxylation sites is 1. The number of anilines is 2. The summed E-state index contributed by atoms with van der Waals surface area (Å²) in [6, 6.07) is 15.0. The van der Waals surface area contributed by atoms with E-state index in [1.807, 2.05) is 26.1 Å². The molecule has 0 saturated carbocycles. The second kappa shape index (κ2) is 7.82. The molecule has 0 spiro atoms. The van der Waals surface area contributed by atoms with Crippen LogP contribution in [0.4, 0.5) is 11.4 Å². The number of carbonyl (C=O) groups is 1. The summed E-state index contributed by atoms with van der Waals surface area (Å²) in [6.45, 7) is 6.42. The second-order valence-corrected chi connectivity index (χ2v) is 6.20. The third-order valence-corrected chi connectivity index (χ3v) is 4.06. The first-order valence-electron chi connectivity index (χ1n) is 8.18. The van der Waals surface area contributed by atoms with Crippen LogP contribution >= 0.6 is 0 Å². The zero-order valence-corrected chi connectivity index (χ0v) is 14.4. The van der Waals surface area contributed by atoms with Crippen molar-refractivity contribution in [3.63, 3.8) is 0 Å². The monoisotopic (exact) mass is 310 g/mol. The summed E-state index contributed by atoms with van der Waals surface area (Å²) in [4.78, 5) is 10.8. The fraction of sp³-hybridized carbons (Fsp3) is 0.350. The molecule has 0 aliphatic heterocycles. The molecule has 2 aromatic rings. The van der Waals surface area contributed by atoms with Crippen molar-refractivity contribution in [2.45, 2.75) is 39.2 Å². The van der Waals surface area contributed by atoms with E-state index in [9.17, 15) is 4.79 Å². The zero-order valence-electron chi connectivity index (χ0n) is 14.4. The lowest BCUT2D eigenvalue weighted by molar-refractivity contribution is -0.107. The normalized spacial score (nSPS) is 12.0. The number of hydrogen-bond donors (Lipinski definition) is 2. The number of nitrogens with one attached hydrogen (secondary N) is 2. The molecule has 3 heteroatoms. The van der Waals surface area contributed by atoms with E-state index in [1.165, 1.54) is 11.1 Å². The molecule has 0 radical (unpaired) electrons. The van der Waals surface area contributed by atoms with E-state index in [4.69, 9.17) is 0 Å². The van der Waals surface area contributed by atoms with Crippen molar-refractivity contribution >= 4 is 17.7 Å². The highest BCUT2D eigenvalue weighted by Crippen LogP contribution is 2.35. The van der Waals surface area contributed by atoms with Crippen molar-refractivity contribution in [3.8, 4) is 11.1 Å². The molecule has 0 heterocycles. The van der Waals surface area contributed by atoms with Gasteiger partial charge in [-0.3, -0.25) is 0 Å². The number of benzene rings is 2. The highest BCUT2D eigenvalue weighted by molar-refractivity contribution is 5.87. The lowest BCUT2D eigenvalue weighted by Crippen LogP contribution is -2.17. The summed E-state index contributed by atoms with van der Waals surface area (Å²) in [7, 11) is 1.91. The number of hydrogen-bond acceptors (Lipinski definition) is 3. The average molecular weight is 310 g/mol. The largest absolute Gasteiger partial charge is 0.386 e. The lowest BCUT2D eigenvalue weighted by atomic mass is 9.97. The molecular formula is C20H26N2O. The van der Waals surface area contributed by atoms with Crippen LogP contribution in [0.2, 0.25) is 0 Å². The Morgan fingerprint density at radius 1 is 1.04 bits per heavy atom. The Kier molecular flexibility index (Phi) is 5.80. The van der Waals surface area contributed by atoms with Crippen LogP contribution in [0.3, 0.4) is 0 Å². The van der Waals surface area contributed by atoms with Crippen LogP contribution in [-0.4, -0.2) is 19.4 Å². The Bertz CT molecular complexity index is 647. The van der Waals surface area contributed by atoms with Gasteiger partial charge in [-0.15, -0.1) is 0 Å². The van der Waals surface area contributed by atoms with E-state index in [0.717, 1.165) is 23.2 Å². The Balaban J connectivity index is 2.42. The SMILES string of the molecule is CNc1cccc(-c2ccc(C(C)C)cc2)c1N[C@H](C)CC=O. The van der Waals surface area contributed by atoms with Crippen LogP contribution < -0.4 is 10.6 Å². The smallest absolute Gasteiger partial charge is 0.122 e. The molecule has 3 nitrogen and oxygen atoms in total. The fourth-order valence-electron chi connectivity index (χ4n) is 2.65. The minimum absolute atomic E-state index is 0.0932. The Morgan fingerprint density at radius 2 is 1.74 bits per heavy atom. The molecule has 0 unspecified atom stereocenters. The van der Waals surface area contributed by atoms with Crippen molar-refractivity contribution in [2.24, 2.45) is 0 Å². The van der Waals surface area contributed by atoms with Crippen LogP contribution in [0.1, 0.15) is 38.7 Å². The van der Waals surface area contributed by atoms with Gasteiger partial charge in [-0.25, -0.2) is 0 Å². The van der Waals surface area contributed by atoms with Gasteiger partial charge in [0.15, 0.2) is 0 Å². The summed E-state index contributed by atoms with van der Waals surface area (Å²) >= 11 is 0. The molecule has 0 aliphatic rings. The fourth-order valence-corrected chi connectivity index (χ4v) is 2.65. The first kappa shape index (κ1) is 17.1. The van der Waals surface area contributed by atoms with Crippen LogP contribution in [0.5, 0.6) is 0 Å². The molecule has 0 bridgehead atoms. The van der Waals surface area contributed by atoms with Crippen molar-refractivity contribution in [2.75, 3.05) is 17.7 Å². The molecule has 2 rings (SSSR count). The molecule has 0 amide bonds. The number of rotatable bonds is 7. The number of aldehydes is 1. The van der Waals surface area contributed by atoms with Crippen LogP contribution in [0, 0.1) is 0 Å². The molecule has 23 heavy (non-hydrogen) atoms. The third kappa shape index (κ3) is 4.13. The second-order valence-electron chi connectivity index (χ2n) is 6.20. The first-order chi connectivity index (χ1) is 11.1. The van der Waals surface area contributed by atoms with Crippen molar-refractivity contribution in [3.05, 3.63) is 48.0 Å². The standard InChI is InChI=1S/C20H26N2O/c1-14(2)16-8-10-17(11-9-16)18-6-5-7-19(21-4)20(18)22-15(3)12-13-23/h5-11,13-15,21-22H,12H2,1-4H3/t15-/m1/s1. The maximum atomic E-state index is 10.8. The van der Waals surface area contributed by atoms with Crippen LogP contribution in [-0.2, 0) is 4.79 Å². The predicted octanol–water partition coefficient (Wildman–Crippen LogP) is 4.91. The molecule has 2 aromatic carbocycles. The molecule has 2 N–H and O–H groups in total. The van der Waals surface area contributed by atoms with Gasteiger partial charge in [-0.2, -0.15) is 0 Å². The summed E-state index contributed by atoms with van der Waals surface area (Å²) in [5, 5.41) is 6.71. The van der Waals surface area contributed by atoms with E-state index >= 15 is 0 Å². The molecule has 0 aliphatic carbocycles. The Hall–Kier alpha value is -2.29. The lowest BCUT2D eigenvalue weighted by Gasteiger charge is -2.20. The Labute approximate surface area is 139 Å².